The van der Waals surface area contributed by atoms with E-state index in [0.29, 0.717) is 0 Å². The van der Waals surface area contributed by atoms with Gasteiger partial charge in [0, 0.05) is 18.0 Å². The summed E-state index contributed by atoms with van der Waals surface area (Å²) in [7, 11) is 0. The topological polar surface area (TPSA) is 48.1 Å². The number of anilines is 1. The van der Waals surface area contributed by atoms with Gasteiger partial charge in [-0.3, -0.25) is 4.98 Å². The van der Waals surface area contributed by atoms with Gasteiger partial charge in [-0.1, -0.05) is 0 Å². The van der Waals surface area contributed by atoms with Gasteiger partial charge >= 0.3 is 0 Å². The first-order chi connectivity index (χ1) is 6.86. The van der Waals surface area contributed by atoms with Gasteiger partial charge in [-0.2, -0.15) is 0 Å². The average molecular weight is 186 g/mol. The van der Waals surface area contributed by atoms with Crippen molar-refractivity contribution in [3.8, 4) is 5.75 Å². The fourth-order valence-electron chi connectivity index (χ4n) is 1.92. The lowest BCUT2D eigenvalue weighted by Crippen LogP contribution is -2.09. The third kappa shape index (κ3) is 0.894. The SMILES string of the molecule is Nc1ccc2c3c(ccnc13)CCO2. The largest absolute Gasteiger partial charge is 0.493 e. The molecule has 3 nitrogen and oxygen atoms in total. The zero-order chi connectivity index (χ0) is 9.54. The van der Waals surface area contributed by atoms with E-state index in [4.69, 9.17) is 10.5 Å². The van der Waals surface area contributed by atoms with Crippen LogP contribution in [0.2, 0.25) is 0 Å². The summed E-state index contributed by atoms with van der Waals surface area (Å²) in [6.07, 6.45) is 2.75. The standard InChI is InChI=1S/C11H10N2O/c12-8-1-2-9-10-7(4-6-14-9)3-5-13-11(8)10/h1-3,5H,4,6,12H2. The van der Waals surface area contributed by atoms with E-state index in [9.17, 15) is 0 Å². The van der Waals surface area contributed by atoms with Crippen molar-refractivity contribution in [3.63, 3.8) is 0 Å². The summed E-state index contributed by atoms with van der Waals surface area (Å²) in [5.74, 6) is 0.906. The van der Waals surface area contributed by atoms with Gasteiger partial charge in [0.05, 0.1) is 17.8 Å². The van der Waals surface area contributed by atoms with Crippen molar-refractivity contribution in [1.29, 1.82) is 0 Å². The Bertz CT molecular complexity index is 498. The highest BCUT2D eigenvalue weighted by Crippen LogP contribution is 2.34. The van der Waals surface area contributed by atoms with E-state index in [0.717, 1.165) is 35.4 Å². The van der Waals surface area contributed by atoms with Crippen molar-refractivity contribution in [1.82, 2.24) is 4.98 Å². The molecule has 3 heteroatoms. The Labute approximate surface area is 81.5 Å². The predicted molar refractivity (Wildman–Crippen MR) is 55.4 cm³/mol. The highest BCUT2D eigenvalue weighted by Gasteiger charge is 2.14. The Morgan fingerprint density at radius 1 is 1.29 bits per heavy atom. The van der Waals surface area contributed by atoms with E-state index in [2.05, 4.69) is 4.98 Å². The highest BCUT2D eigenvalue weighted by molar-refractivity contribution is 5.96. The van der Waals surface area contributed by atoms with Crippen LogP contribution in [0.5, 0.6) is 5.75 Å². The van der Waals surface area contributed by atoms with Gasteiger partial charge < -0.3 is 10.5 Å². The number of hydrogen-bond donors (Lipinski definition) is 1. The molecular weight excluding hydrogens is 176 g/mol. The van der Waals surface area contributed by atoms with Crippen LogP contribution in [-0.4, -0.2) is 11.6 Å². The van der Waals surface area contributed by atoms with E-state index < -0.39 is 0 Å². The van der Waals surface area contributed by atoms with Crippen molar-refractivity contribution in [2.45, 2.75) is 6.42 Å². The van der Waals surface area contributed by atoms with Crippen LogP contribution in [0, 0.1) is 0 Å². The van der Waals surface area contributed by atoms with Crippen molar-refractivity contribution in [2.24, 2.45) is 0 Å². The number of rotatable bonds is 0. The molecule has 0 unspecified atom stereocenters. The maximum atomic E-state index is 5.85. The number of nitrogens with zero attached hydrogens (tertiary/aromatic N) is 1. The number of hydrogen-bond acceptors (Lipinski definition) is 3. The second-order valence-corrected chi connectivity index (χ2v) is 3.45. The molecule has 1 aromatic heterocycles. The lowest BCUT2D eigenvalue weighted by atomic mass is 10.0. The second kappa shape index (κ2) is 2.61. The summed E-state index contributed by atoms with van der Waals surface area (Å²) in [5.41, 5.74) is 8.72. The predicted octanol–water partition coefficient (Wildman–Crippen LogP) is 1.75. The van der Waals surface area contributed by atoms with Gasteiger partial charge in [0.15, 0.2) is 0 Å². The third-order valence-electron chi connectivity index (χ3n) is 2.60. The van der Waals surface area contributed by atoms with Crippen LogP contribution in [-0.2, 0) is 6.42 Å². The maximum absolute atomic E-state index is 5.85. The Kier molecular flexibility index (Phi) is 1.42. The van der Waals surface area contributed by atoms with E-state index in [1.54, 1.807) is 0 Å². The zero-order valence-electron chi connectivity index (χ0n) is 7.66. The van der Waals surface area contributed by atoms with Crippen LogP contribution in [0.15, 0.2) is 24.4 Å². The van der Waals surface area contributed by atoms with Crippen molar-refractivity contribution in [2.75, 3.05) is 12.3 Å². The zero-order valence-corrected chi connectivity index (χ0v) is 7.66. The minimum atomic E-state index is 0.719. The molecule has 3 rings (SSSR count). The number of pyridine rings is 1. The minimum absolute atomic E-state index is 0.719. The molecule has 1 aromatic carbocycles. The number of aromatic nitrogens is 1. The summed E-state index contributed by atoms with van der Waals surface area (Å²) >= 11 is 0. The van der Waals surface area contributed by atoms with E-state index in [1.165, 1.54) is 5.56 Å². The summed E-state index contributed by atoms with van der Waals surface area (Å²) in [6.45, 7) is 0.746. The molecule has 0 fully saturated rings. The molecule has 2 N–H and O–H groups in total. The molecule has 2 heterocycles. The maximum Gasteiger partial charge on any atom is 0.129 e. The molecule has 0 amide bonds. The van der Waals surface area contributed by atoms with Crippen LogP contribution in [0.4, 0.5) is 5.69 Å². The number of nitrogen functional groups attached to an aromatic ring is 1. The first-order valence-electron chi connectivity index (χ1n) is 4.65. The van der Waals surface area contributed by atoms with Gasteiger partial charge in [0.2, 0.25) is 0 Å². The Hall–Kier alpha value is -1.77. The molecule has 14 heavy (non-hydrogen) atoms. The first kappa shape index (κ1) is 7.62. The van der Waals surface area contributed by atoms with E-state index in [1.807, 2.05) is 24.4 Å². The third-order valence-corrected chi connectivity index (χ3v) is 2.60. The smallest absolute Gasteiger partial charge is 0.129 e. The Balaban J connectivity index is 2.51. The number of nitrogens with two attached hydrogens (primary N) is 1. The molecule has 0 saturated heterocycles. The van der Waals surface area contributed by atoms with Crippen molar-refractivity contribution < 1.29 is 4.74 Å². The fraction of sp³-hybridized carbons (Fsp3) is 0.182. The molecule has 1 aliphatic heterocycles. The van der Waals surface area contributed by atoms with Crippen molar-refractivity contribution >= 4 is 16.6 Å². The van der Waals surface area contributed by atoms with Gasteiger partial charge in [-0.15, -0.1) is 0 Å². The lowest BCUT2D eigenvalue weighted by molar-refractivity contribution is 0.318. The molecule has 1 aliphatic rings. The fourth-order valence-corrected chi connectivity index (χ4v) is 1.92. The molecule has 0 aliphatic carbocycles. The van der Waals surface area contributed by atoms with Gasteiger partial charge in [-0.25, -0.2) is 0 Å². The highest BCUT2D eigenvalue weighted by atomic mass is 16.5. The van der Waals surface area contributed by atoms with Crippen LogP contribution >= 0.6 is 0 Å². The molecule has 0 radical (unpaired) electrons. The summed E-state index contributed by atoms with van der Waals surface area (Å²) in [5, 5.41) is 1.08. The molecule has 0 spiro atoms. The normalized spacial score (nSPS) is 14.0. The van der Waals surface area contributed by atoms with Crippen LogP contribution in [0.25, 0.3) is 10.9 Å². The monoisotopic (exact) mass is 186 g/mol. The van der Waals surface area contributed by atoms with Gasteiger partial charge in [-0.05, 0) is 23.8 Å². The lowest BCUT2D eigenvalue weighted by Gasteiger charge is -2.18. The molecule has 0 atom stereocenters. The minimum Gasteiger partial charge on any atom is -0.493 e. The van der Waals surface area contributed by atoms with E-state index in [-0.39, 0.29) is 0 Å². The Morgan fingerprint density at radius 3 is 3.14 bits per heavy atom. The average Bonchev–Trinajstić information content (AvgIpc) is 2.24. The van der Waals surface area contributed by atoms with Crippen LogP contribution < -0.4 is 10.5 Å². The molecule has 2 aromatic rings. The summed E-state index contributed by atoms with van der Waals surface area (Å²) < 4.78 is 5.55. The van der Waals surface area contributed by atoms with E-state index >= 15 is 0 Å². The quantitative estimate of drug-likeness (QED) is 0.637. The van der Waals surface area contributed by atoms with Crippen molar-refractivity contribution in [3.05, 3.63) is 30.0 Å². The summed E-state index contributed by atoms with van der Waals surface area (Å²) in [4.78, 5) is 4.28. The summed E-state index contributed by atoms with van der Waals surface area (Å²) in [6, 6.07) is 5.80. The molecular formula is C11H10N2O. The Morgan fingerprint density at radius 2 is 2.21 bits per heavy atom. The second-order valence-electron chi connectivity index (χ2n) is 3.45. The number of ether oxygens (including phenoxy) is 1. The molecule has 0 bridgehead atoms. The molecule has 0 saturated carbocycles. The van der Waals surface area contributed by atoms with Gasteiger partial charge in [0.25, 0.3) is 0 Å². The van der Waals surface area contributed by atoms with Crippen LogP contribution in [0.1, 0.15) is 5.56 Å². The van der Waals surface area contributed by atoms with Crippen LogP contribution in [0.3, 0.4) is 0 Å². The number of benzene rings is 1. The first-order valence-corrected chi connectivity index (χ1v) is 4.65. The van der Waals surface area contributed by atoms with Gasteiger partial charge in [0.1, 0.15) is 5.75 Å². The molecule has 70 valence electrons.